The van der Waals surface area contributed by atoms with Gasteiger partial charge in [0.15, 0.2) is 0 Å². The first-order valence-corrected chi connectivity index (χ1v) is 5.84. The van der Waals surface area contributed by atoms with Crippen molar-refractivity contribution in [3.05, 3.63) is 35.4 Å². The lowest BCUT2D eigenvalue weighted by Gasteiger charge is -2.16. The lowest BCUT2D eigenvalue weighted by Crippen LogP contribution is -2.14. The van der Waals surface area contributed by atoms with Gasteiger partial charge in [-0.05, 0) is 24.8 Å². The number of carboxylic acids is 1. The minimum Gasteiger partial charge on any atom is -0.481 e. The second kappa shape index (κ2) is 5.69. The van der Waals surface area contributed by atoms with Crippen LogP contribution in [0.5, 0.6) is 0 Å². The zero-order valence-electron chi connectivity index (χ0n) is 10.2. The number of hydrogen-bond acceptors (Lipinski definition) is 1. The van der Waals surface area contributed by atoms with Crippen LogP contribution in [-0.2, 0) is 4.79 Å². The van der Waals surface area contributed by atoms with Crippen molar-refractivity contribution in [1.82, 2.24) is 0 Å². The Labute approximate surface area is 97.3 Å². The Kier molecular flexibility index (Phi) is 4.53. The maximum Gasteiger partial charge on any atom is 0.310 e. The average molecular weight is 220 g/mol. The van der Waals surface area contributed by atoms with Crippen LogP contribution >= 0.6 is 0 Å². The fraction of sp³-hybridized carbons (Fsp3) is 0.500. The highest BCUT2D eigenvalue weighted by molar-refractivity contribution is 5.76. The zero-order valence-corrected chi connectivity index (χ0v) is 10.2. The Morgan fingerprint density at radius 3 is 2.31 bits per heavy atom. The van der Waals surface area contributed by atoms with Crippen LogP contribution in [-0.4, -0.2) is 11.1 Å². The first kappa shape index (κ1) is 12.8. The van der Waals surface area contributed by atoms with Gasteiger partial charge in [0, 0.05) is 0 Å². The van der Waals surface area contributed by atoms with Crippen molar-refractivity contribution in [2.24, 2.45) is 5.92 Å². The van der Waals surface area contributed by atoms with E-state index in [-0.39, 0.29) is 5.92 Å². The van der Waals surface area contributed by atoms with E-state index < -0.39 is 5.97 Å². The highest BCUT2D eigenvalue weighted by Crippen LogP contribution is 2.25. The van der Waals surface area contributed by atoms with E-state index in [0.717, 1.165) is 24.0 Å². The van der Waals surface area contributed by atoms with Crippen LogP contribution in [0, 0.1) is 12.8 Å². The Balaban J connectivity index is 2.85. The normalized spacial score (nSPS) is 14.4. The lowest BCUT2D eigenvalue weighted by atomic mass is 9.88. The van der Waals surface area contributed by atoms with Gasteiger partial charge in [0.05, 0.1) is 5.92 Å². The van der Waals surface area contributed by atoms with E-state index in [1.165, 1.54) is 0 Å². The molecule has 0 aliphatic carbocycles. The Morgan fingerprint density at radius 1 is 1.31 bits per heavy atom. The fourth-order valence-corrected chi connectivity index (χ4v) is 1.75. The Hall–Kier alpha value is -1.31. The molecular formula is C14H20O2. The summed E-state index contributed by atoms with van der Waals surface area (Å²) in [5.74, 6) is -0.637. The maximum atomic E-state index is 11.2. The van der Waals surface area contributed by atoms with E-state index in [2.05, 4.69) is 13.8 Å². The van der Waals surface area contributed by atoms with Crippen molar-refractivity contribution < 1.29 is 9.90 Å². The summed E-state index contributed by atoms with van der Waals surface area (Å²) in [6, 6.07) is 7.80. The fourth-order valence-electron chi connectivity index (χ4n) is 1.75. The van der Waals surface area contributed by atoms with E-state index in [1.807, 2.05) is 31.2 Å². The van der Waals surface area contributed by atoms with Gasteiger partial charge < -0.3 is 5.11 Å². The molecule has 0 aromatic heterocycles. The van der Waals surface area contributed by atoms with E-state index in [1.54, 1.807) is 0 Å². The van der Waals surface area contributed by atoms with Crippen molar-refractivity contribution >= 4 is 5.97 Å². The molecule has 2 atom stereocenters. The summed E-state index contributed by atoms with van der Waals surface area (Å²) in [5.41, 5.74) is 2.08. The van der Waals surface area contributed by atoms with Crippen molar-refractivity contribution in [2.45, 2.75) is 39.5 Å². The summed E-state index contributed by atoms with van der Waals surface area (Å²) in [4.78, 5) is 11.2. The summed E-state index contributed by atoms with van der Waals surface area (Å²) in [5, 5.41) is 9.24. The molecular weight excluding hydrogens is 200 g/mol. The molecule has 0 spiro atoms. The first-order valence-electron chi connectivity index (χ1n) is 5.84. The molecule has 1 rings (SSSR count). The largest absolute Gasteiger partial charge is 0.481 e. The summed E-state index contributed by atoms with van der Waals surface area (Å²) < 4.78 is 0. The first-order chi connectivity index (χ1) is 7.54. The maximum absolute atomic E-state index is 11.2. The van der Waals surface area contributed by atoms with Crippen LogP contribution in [0.15, 0.2) is 24.3 Å². The van der Waals surface area contributed by atoms with Crippen molar-refractivity contribution in [3.63, 3.8) is 0 Å². The monoisotopic (exact) mass is 220 g/mol. The van der Waals surface area contributed by atoms with Crippen molar-refractivity contribution in [1.29, 1.82) is 0 Å². The molecule has 0 aliphatic heterocycles. The third-order valence-electron chi connectivity index (χ3n) is 3.11. The van der Waals surface area contributed by atoms with Crippen LogP contribution in [0.25, 0.3) is 0 Å². The van der Waals surface area contributed by atoms with Crippen LogP contribution < -0.4 is 0 Å². The molecule has 0 bridgehead atoms. The topological polar surface area (TPSA) is 37.3 Å². The molecule has 2 heteroatoms. The standard InChI is InChI=1S/C14H20O2/c1-4-10(2)9-13(14(15)16)12-7-5-11(3)6-8-12/h5-8,10,13H,4,9H2,1-3H3,(H,15,16). The molecule has 0 aliphatic rings. The molecule has 0 amide bonds. The van der Waals surface area contributed by atoms with Crippen LogP contribution in [0.2, 0.25) is 0 Å². The average Bonchev–Trinajstić information content (AvgIpc) is 2.26. The molecule has 88 valence electrons. The zero-order chi connectivity index (χ0) is 12.1. The number of carbonyl (C=O) groups is 1. The number of carboxylic acid groups (broad SMARTS) is 1. The van der Waals surface area contributed by atoms with E-state index in [0.29, 0.717) is 5.92 Å². The van der Waals surface area contributed by atoms with Gasteiger partial charge in [-0.3, -0.25) is 4.79 Å². The molecule has 2 unspecified atom stereocenters. The number of hydrogen-bond donors (Lipinski definition) is 1. The van der Waals surface area contributed by atoms with Gasteiger partial charge in [0.2, 0.25) is 0 Å². The predicted octanol–water partition coefficient (Wildman–Crippen LogP) is 3.60. The summed E-state index contributed by atoms with van der Waals surface area (Å²) >= 11 is 0. The molecule has 1 N–H and O–H groups in total. The molecule has 0 saturated carbocycles. The Bertz CT molecular complexity index is 340. The van der Waals surface area contributed by atoms with Crippen LogP contribution in [0.3, 0.4) is 0 Å². The van der Waals surface area contributed by atoms with Gasteiger partial charge in [0.25, 0.3) is 0 Å². The van der Waals surface area contributed by atoms with Gasteiger partial charge in [-0.25, -0.2) is 0 Å². The van der Waals surface area contributed by atoms with Crippen LogP contribution in [0.1, 0.15) is 43.7 Å². The summed E-state index contributed by atoms with van der Waals surface area (Å²) in [6.45, 7) is 6.21. The Morgan fingerprint density at radius 2 is 1.88 bits per heavy atom. The van der Waals surface area contributed by atoms with Crippen LogP contribution in [0.4, 0.5) is 0 Å². The second-order valence-electron chi connectivity index (χ2n) is 4.55. The molecule has 0 heterocycles. The van der Waals surface area contributed by atoms with Gasteiger partial charge in [0.1, 0.15) is 0 Å². The number of benzene rings is 1. The third kappa shape index (κ3) is 3.37. The minimum absolute atomic E-state index is 0.365. The van der Waals surface area contributed by atoms with Gasteiger partial charge in [-0.1, -0.05) is 50.1 Å². The second-order valence-corrected chi connectivity index (χ2v) is 4.55. The van der Waals surface area contributed by atoms with Crippen molar-refractivity contribution in [3.8, 4) is 0 Å². The predicted molar refractivity (Wildman–Crippen MR) is 65.6 cm³/mol. The number of aliphatic carboxylic acids is 1. The summed E-state index contributed by atoms with van der Waals surface area (Å²) in [6.07, 6.45) is 1.74. The van der Waals surface area contributed by atoms with Gasteiger partial charge in [-0.2, -0.15) is 0 Å². The molecule has 0 radical (unpaired) electrons. The minimum atomic E-state index is -0.718. The molecule has 0 fully saturated rings. The van der Waals surface area contributed by atoms with E-state index in [9.17, 15) is 9.90 Å². The lowest BCUT2D eigenvalue weighted by molar-refractivity contribution is -0.139. The molecule has 2 nitrogen and oxygen atoms in total. The number of rotatable bonds is 5. The van der Waals surface area contributed by atoms with E-state index in [4.69, 9.17) is 0 Å². The SMILES string of the molecule is CCC(C)CC(C(=O)O)c1ccc(C)cc1. The quantitative estimate of drug-likeness (QED) is 0.823. The molecule has 1 aromatic rings. The molecule has 1 aromatic carbocycles. The van der Waals surface area contributed by atoms with Gasteiger partial charge in [-0.15, -0.1) is 0 Å². The van der Waals surface area contributed by atoms with Gasteiger partial charge >= 0.3 is 5.97 Å². The smallest absolute Gasteiger partial charge is 0.310 e. The van der Waals surface area contributed by atoms with E-state index >= 15 is 0 Å². The molecule has 16 heavy (non-hydrogen) atoms. The summed E-state index contributed by atoms with van der Waals surface area (Å²) in [7, 11) is 0. The third-order valence-corrected chi connectivity index (χ3v) is 3.11. The number of aryl methyl sites for hydroxylation is 1. The highest BCUT2D eigenvalue weighted by atomic mass is 16.4. The van der Waals surface area contributed by atoms with Crippen molar-refractivity contribution in [2.75, 3.05) is 0 Å². The molecule has 0 saturated heterocycles. The highest BCUT2D eigenvalue weighted by Gasteiger charge is 2.21.